The molecule has 18 heavy (non-hydrogen) atoms. The highest BCUT2D eigenvalue weighted by Crippen LogP contribution is 2.28. The molecule has 0 radical (unpaired) electrons. The molecule has 1 aliphatic rings. The molecule has 1 heterocycles. The standard InChI is InChI=1S/C16H22N2/c17-8-4-7-14-11-18-16-10-13-6-3-1-2-5-12(13)9-15(14)16/h9-11,18H,1-8,17H2. The highest BCUT2D eigenvalue weighted by Gasteiger charge is 2.11. The fraction of sp³-hybridized carbons (Fsp3) is 0.500. The van der Waals surface area contributed by atoms with Crippen molar-refractivity contribution in [2.24, 2.45) is 5.73 Å². The molecule has 96 valence electrons. The van der Waals surface area contributed by atoms with E-state index in [0.29, 0.717) is 0 Å². The first-order valence-electron chi connectivity index (χ1n) is 7.20. The second-order valence-electron chi connectivity index (χ2n) is 5.43. The Bertz CT molecular complexity index is 539. The van der Waals surface area contributed by atoms with Gasteiger partial charge < -0.3 is 10.7 Å². The fourth-order valence-corrected chi connectivity index (χ4v) is 3.09. The summed E-state index contributed by atoms with van der Waals surface area (Å²) in [6, 6.07) is 4.81. The Morgan fingerprint density at radius 2 is 1.83 bits per heavy atom. The van der Waals surface area contributed by atoms with Gasteiger partial charge in [-0.3, -0.25) is 0 Å². The first kappa shape index (κ1) is 11.8. The third-order valence-electron chi connectivity index (χ3n) is 4.13. The van der Waals surface area contributed by atoms with Crippen LogP contribution in [0.5, 0.6) is 0 Å². The van der Waals surface area contributed by atoms with Gasteiger partial charge in [0.05, 0.1) is 0 Å². The molecule has 0 bridgehead atoms. The number of benzene rings is 1. The van der Waals surface area contributed by atoms with E-state index in [9.17, 15) is 0 Å². The number of aromatic amines is 1. The number of nitrogens with two attached hydrogens (primary N) is 1. The van der Waals surface area contributed by atoms with Gasteiger partial charge in [-0.1, -0.05) is 6.42 Å². The van der Waals surface area contributed by atoms with Gasteiger partial charge >= 0.3 is 0 Å². The molecular weight excluding hydrogens is 220 g/mol. The lowest BCUT2D eigenvalue weighted by atomic mass is 9.98. The number of aryl methyl sites for hydroxylation is 3. The van der Waals surface area contributed by atoms with Crippen molar-refractivity contribution in [2.75, 3.05) is 6.54 Å². The first-order valence-corrected chi connectivity index (χ1v) is 7.20. The molecule has 3 N–H and O–H groups in total. The summed E-state index contributed by atoms with van der Waals surface area (Å²) in [5, 5.41) is 1.42. The monoisotopic (exact) mass is 242 g/mol. The van der Waals surface area contributed by atoms with Gasteiger partial charge in [0.1, 0.15) is 0 Å². The molecule has 0 unspecified atom stereocenters. The Balaban J connectivity index is 2.01. The van der Waals surface area contributed by atoms with E-state index in [-0.39, 0.29) is 0 Å². The van der Waals surface area contributed by atoms with Crippen LogP contribution in [0, 0.1) is 0 Å². The van der Waals surface area contributed by atoms with Crippen LogP contribution < -0.4 is 5.73 Å². The zero-order chi connectivity index (χ0) is 12.4. The van der Waals surface area contributed by atoms with Gasteiger partial charge in [0, 0.05) is 17.1 Å². The van der Waals surface area contributed by atoms with Gasteiger partial charge in [-0.2, -0.15) is 0 Å². The largest absolute Gasteiger partial charge is 0.361 e. The molecule has 3 rings (SSSR count). The van der Waals surface area contributed by atoms with Gasteiger partial charge in [0.25, 0.3) is 0 Å². The Morgan fingerprint density at radius 1 is 1.06 bits per heavy atom. The summed E-state index contributed by atoms with van der Waals surface area (Å²) >= 11 is 0. The van der Waals surface area contributed by atoms with Gasteiger partial charge in [-0.25, -0.2) is 0 Å². The molecule has 0 saturated heterocycles. The Labute approximate surface area is 109 Å². The first-order chi connectivity index (χ1) is 8.88. The third-order valence-corrected chi connectivity index (χ3v) is 4.13. The summed E-state index contributed by atoms with van der Waals surface area (Å²) < 4.78 is 0. The van der Waals surface area contributed by atoms with E-state index in [0.717, 1.165) is 19.4 Å². The molecule has 0 saturated carbocycles. The molecule has 0 amide bonds. The van der Waals surface area contributed by atoms with Crippen LogP contribution in [0.3, 0.4) is 0 Å². The van der Waals surface area contributed by atoms with E-state index < -0.39 is 0 Å². The molecule has 1 aromatic carbocycles. The van der Waals surface area contributed by atoms with Gasteiger partial charge in [0.2, 0.25) is 0 Å². The summed E-state index contributed by atoms with van der Waals surface area (Å²) in [5.41, 5.74) is 11.5. The minimum atomic E-state index is 0.775. The number of fused-ring (bicyclic) bond motifs is 2. The van der Waals surface area contributed by atoms with Crippen molar-refractivity contribution in [1.82, 2.24) is 4.98 Å². The molecular formula is C16H22N2. The SMILES string of the molecule is NCCCc1c[nH]c2cc3c(cc12)CCCCC3. The van der Waals surface area contributed by atoms with E-state index in [1.54, 1.807) is 11.1 Å². The second kappa shape index (κ2) is 5.15. The molecule has 0 spiro atoms. The van der Waals surface area contributed by atoms with E-state index in [2.05, 4.69) is 23.3 Å². The molecule has 1 aromatic heterocycles. The summed E-state index contributed by atoms with van der Waals surface area (Å²) in [7, 11) is 0. The van der Waals surface area contributed by atoms with Crippen molar-refractivity contribution in [3.05, 3.63) is 35.0 Å². The topological polar surface area (TPSA) is 41.8 Å². The summed E-state index contributed by atoms with van der Waals surface area (Å²) in [4.78, 5) is 3.43. The lowest BCUT2D eigenvalue weighted by Gasteiger charge is -2.07. The lowest BCUT2D eigenvalue weighted by molar-refractivity contribution is 0.711. The van der Waals surface area contributed by atoms with Crippen LogP contribution in [0.1, 0.15) is 42.4 Å². The van der Waals surface area contributed by atoms with E-state index in [4.69, 9.17) is 5.73 Å². The van der Waals surface area contributed by atoms with Crippen LogP contribution >= 0.6 is 0 Å². The number of H-pyrrole nitrogens is 1. The molecule has 0 fully saturated rings. The van der Waals surface area contributed by atoms with E-state index in [1.807, 2.05) is 0 Å². The van der Waals surface area contributed by atoms with Crippen molar-refractivity contribution in [2.45, 2.75) is 44.9 Å². The number of aromatic nitrogens is 1. The average Bonchev–Trinajstić information content (AvgIpc) is 2.62. The molecule has 2 aromatic rings. The minimum absolute atomic E-state index is 0.775. The number of hydrogen-bond acceptors (Lipinski definition) is 1. The Kier molecular flexibility index (Phi) is 3.37. The van der Waals surface area contributed by atoms with E-state index >= 15 is 0 Å². The number of rotatable bonds is 3. The molecule has 0 atom stereocenters. The van der Waals surface area contributed by atoms with E-state index in [1.165, 1.54) is 48.6 Å². The maximum Gasteiger partial charge on any atom is 0.0459 e. The van der Waals surface area contributed by atoms with Crippen molar-refractivity contribution >= 4 is 10.9 Å². The van der Waals surface area contributed by atoms with Crippen LogP contribution in [-0.2, 0) is 19.3 Å². The highest BCUT2D eigenvalue weighted by atomic mass is 14.7. The Hall–Kier alpha value is -1.28. The predicted octanol–water partition coefficient (Wildman–Crippen LogP) is 3.33. The molecule has 2 heteroatoms. The zero-order valence-corrected chi connectivity index (χ0v) is 11.0. The summed E-state index contributed by atoms with van der Waals surface area (Å²) in [6.45, 7) is 0.775. The average molecular weight is 242 g/mol. The predicted molar refractivity (Wildman–Crippen MR) is 76.9 cm³/mol. The summed E-state index contributed by atoms with van der Waals surface area (Å²) in [6.07, 6.45) is 10.9. The van der Waals surface area contributed by atoms with Crippen molar-refractivity contribution in [1.29, 1.82) is 0 Å². The minimum Gasteiger partial charge on any atom is -0.361 e. The normalized spacial score (nSPS) is 15.6. The third kappa shape index (κ3) is 2.17. The molecule has 1 aliphatic carbocycles. The van der Waals surface area contributed by atoms with Gasteiger partial charge in [0.15, 0.2) is 0 Å². The second-order valence-corrected chi connectivity index (χ2v) is 5.43. The quantitative estimate of drug-likeness (QED) is 0.796. The maximum atomic E-state index is 5.61. The fourth-order valence-electron chi connectivity index (χ4n) is 3.09. The Morgan fingerprint density at radius 3 is 2.61 bits per heavy atom. The van der Waals surface area contributed by atoms with Crippen molar-refractivity contribution in [3.8, 4) is 0 Å². The highest BCUT2D eigenvalue weighted by molar-refractivity contribution is 5.85. The van der Waals surface area contributed by atoms with Crippen LogP contribution in [0.25, 0.3) is 10.9 Å². The smallest absolute Gasteiger partial charge is 0.0459 e. The van der Waals surface area contributed by atoms with Crippen LogP contribution in [-0.4, -0.2) is 11.5 Å². The van der Waals surface area contributed by atoms with Crippen molar-refractivity contribution in [3.63, 3.8) is 0 Å². The number of nitrogens with one attached hydrogen (secondary N) is 1. The van der Waals surface area contributed by atoms with Gasteiger partial charge in [-0.05, 0) is 73.9 Å². The van der Waals surface area contributed by atoms with Crippen LogP contribution in [0.4, 0.5) is 0 Å². The van der Waals surface area contributed by atoms with Gasteiger partial charge in [-0.15, -0.1) is 0 Å². The summed E-state index contributed by atoms with van der Waals surface area (Å²) in [5.74, 6) is 0. The number of hydrogen-bond donors (Lipinski definition) is 2. The zero-order valence-electron chi connectivity index (χ0n) is 11.0. The maximum absolute atomic E-state index is 5.61. The molecule has 0 aliphatic heterocycles. The lowest BCUT2D eigenvalue weighted by Crippen LogP contribution is -2.00. The van der Waals surface area contributed by atoms with Crippen LogP contribution in [0.15, 0.2) is 18.3 Å². The molecule has 2 nitrogen and oxygen atoms in total. The van der Waals surface area contributed by atoms with Crippen LogP contribution in [0.2, 0.25) is 0 Å². The van der Waals surface area contributed by atoms with Crippen molar-refractivity contribution < 1.29 is 0 Å².